The summed E-state index contributed by atoms with van der Waals surface area (Å²) in [7, 11) is 0. The van der Waals surface area contributed by atoms with Crippen molar-refractivity contribution in [3.8, 4) is 0 Å². The monoisotopic (exact) mass is 478 g/mol. The minimum Gasteiger partial charge on any atom is -0.346 e. The van der Waals surface area contributed by atoms with Crippen LogP contribution >= 0.6 is 11.8 Å². The summed E-state index contributed by atoms with van der Waals surface area (Å²) in [6.07, 6.45) is 1.81. The lowest BCUT2D eigenvalue weighted by Gasteiger charge is -2.14. The first-order chi connectivity index (χ1) is 17.2. The van der Waals surface area contributed by atoms with Crippen LogP contribution in [-0.4, -0.2) is 20.4 Å². The lowest BCUT2D eigenvalue weighted by atomic mass is 10.1. The molecule has 0 saturated carbocycles. The van der Waals surface area contributed by atoms with Crippen molar-refractivity contribution in [2.45, 2.75) is 30.4 Å². The van der Waals surface area contributed by atoms with Gasteiger partial charge in [-0.15, -0.1) is 0 Å². The molecule has 1 amide bonds. The van der Waals surface area contributed by atoms with E-state index in [0.717, 1.165) is 39.7 Å². The predicted octanol–water partition coefficient (Wildman–Crippen LogP) is 6.26. The molecule has 35 heavy (non-hydrogen) atoms. The Hall–Kier alpha value is -3.90. The van der Waals surface area contributed by atoms with Crippen molar-refractivity contribution in [3.63, 3.8) is 0 Å². The highest BCUT2D eigenvalue weighted by atomic mass is 32.2. The number of nitrogens with one attached hydrogen (secondary N) is 1. The van der Waals surface area contributed by atoms with Crippen LogP contribution in [0.25, 0.3) is 11.2 Å². The molecule has 6 heteroatoms. The number of aromatic nitrogens is 3. The average Bonchev–Trinajstić information content (AvgIpc) is 3.26. The second kappa shape index (κ2) is 10.6. The number of nitrogens with zero attached hydrogens (tertiary/aromatic N) is 3. The molecule has 174 valence electrons. The molecule has 0 saturated heterocycles. The van der Waals surface area contributed by atoms with Gasteiger partial charge in [-0.25, -0.2) is 9.97 Å². The van der Waals surface area contributed by atoms with Crippen LogP contribution < -0.4 is 5.32 Å². The zero-order valence-electron chi connectivity index (χ0n) is 19.5. The number of amides is 1. The second-order valence-corrected chi connectivity index (χ2v) is 9.35. The highest BCUT2D eigenvalue weighted by molar-refractivity contribution is 7.98. The van der Waals surface area contributed by atoms with Gasteiger partial charge in [0, 0.05) is 17.5 Å². The fourth-order valence-corrected chi connectivity index (χ4v) is 4.92. The number of carbonyl (C=O) groups excluding carboxylic acids is 1. The smallest absolute Gasteiger partial charge is 0.251 e. The molecule has 0 unspecified atom stereocenters. The normalized spacial score (nSPS) is 11.9. The van der Waals surface area contributed by atoms with E-state index in [1.807, 2.05) is 98.0 Å². The molecule has 5 rings (SSSR count). The summed E-state index contributed by atoms with van der Waals surface area (Å²) in [5.74, 6) is 0.678. The molecule has 5 nitrogen and oxygen atoms in total. The molecule has 0 spiro atoms. The molecule has 0 aliphatic carbocycles. The molecule has 0 bridgehead atoms. The van der Waals surface area contributed by atoms with Crippen LogP contribution in [0.4, 0.5) is 0 Å². The third-order valence-corrected chi connectivity index (χ3v) is 6.93. The van der Waals surface area contributed by atoms with Gasteiger partial charge in [0.05, 0.1) is 12.6 Å². The third-order valence-electron chi connectivity index (χ3n) is 5.88. The lowest BCUT2D eigenvalue weighted by molar-refractivity contribution is 0.0940. The number of hydrogen-bond donors (Lipinski definition) is 1. The predicted molar refractivity (Wildman–Crippen MR) is 141 cm³/mol. The Morgan fingerprint density at radius 2 is 1.60 bits per heavy atom. The SMILES string of the molecule is C[C@H](NC(=O)c1ccc(CSc2nc3cccnc3n2Cc2ccccc2)cc1)c1ccccc1. The summed E-state index contributed by atoms with van der Waals surface area (Å²) < 4.78 is 2.17. The fourth-order valence-electron chi connectivity index (χ4n) is 3.96. The van der Waals surface area contributed by atoms with Crippen molar-refractivity contribution in [3.05, 3.63) is 126 Å². The molecule has 2 heterocycles. The number of thioether (sulfide) groups is 1. The average molecular weight is 479 g/mol. The topological polar surface area (TPSA) is 59.8 Å². The number of benzene rings is 3. The molecule has 0 radical (unpaired) electrons. The maximum absolute atomic E-state index is 12.7. The maximum Gasteiger partial charge on any atom is 0.251 e. The van der Waals surface area contributed by atoms with E-state index in [-0.39, 0.29) is 11.9 Å². The van der Waals surface area contributed by atoms with E-state index in [9.17, 15) is 4.79 Å². The van der Waals surface area contributed by atoms with Crippen LogP contribution in [0.5, 0.6) is 0 Å². The molecule has 1 N–H and O–H groups in total. The van der Waals surface area contributed by atoms with E-state index in [4.69, 9.17) is 4.98 Å². The first kappa shape index (κ1) is 22.9. The number of hydrogen-bond acceptors (Lipinski definition) is 4. The fraction of sp³-hybridized carbons (Fsp3) is 0.138. The zero-order valence-corrected chi connectivity index (χ0v) is 20.3. The summed E-state index contributed by atoms with van der Waals surface area (Å²) in [4.78, 5) is 22.1. The summed E-state index contributed by atoms with van der Waals surface area (Å²) in [6, 6.07) is 32.0. The summed E-state index contributed by atoms with van der Waals surface area (Å²) in [6.45, 7) is 2.71. The molecule has 0 fully saturated rings. The van der Waals surface area contributed by atoms with Crippen molar-refractivity contribution >= 4 is 28.8 Å². The molecular formula is C29H26N4OS. The summed E-state index contributed by atoms with van der Waals surface area (Å²) in [5.41, 5.74) is 5.86. The Balaban J connectivity index is 1.27. The molecule has 2 aromatic heterocycles. The number of fused-ring (bicyclic) bond motifs is 1. The number of carbonyl (C=O) groups is 1. The van der Waals surface area contributed by atoms with Crippen LogP contribution in [0.2, 0.25) is 0 Å². The zero-order chi connectivity index (χ0) is 24.0. The first-order valence-corrected chi connectivity index (χ1v) is 12.6. The van der Waals surface area contributed by atoms with Crippen molar-refractivity contribution in [2.24, 2.45) is 0 Å². The third kappa shape index (κ3) is 5.44. The van der Waals surface area contributed by atoms with E-state index < -0.39 is 0 Å². The quantitative estimate of drug-likeness (QED) is 0.267. The van der Waals surface area contributed by atoms with Crippen LogP contribution in [0.15, 0.2) is 108 Å². The van der Waals surface area contributed by atoms with Gasteiger partial charge in [-0.2, -0.15) is 0 Å². The number of rotatable bonds is 8. The van der Waals surface area contributed by atoms with E-state index in [1.165, 1.54) is 5.56 Å². The van der Waals surface area contributed by atoms with E-state index >= 15 is 0 Å². The van der Waals surface area contributed by atoms with Gasteiger partial charge < -0.3 is 5.32 Å². The highest BCUT2D eigenvalue weighted by Gasteiger charge is 2.14. The minimum absolute atomic E-state index is 0.0508. The summed E-state index contributed by atoms with van der Waals surface area (Å²) >= 11 is 1.68. The highest BCUT2D eigenvalue weighted by Crippen LogP contribution is 2.27. The largest absolute Gasteiger partial charge is 0.346 e. The Bertz CT molecular complexity index is 1420. The second-order valence-electron chi connectivity index (χ2n) is 8.40. The molecule has 1 atom stereocenters. The van der Waals surface area contributed by atoms with Crippen molar-refractivity contribution in [1.29, 1.82) is 0 Å². The molecule has 0 aliphatic heterocycles. The van der Waals surface area contributed by atoms with Gasteiger partial charge >= 0.3 is 0 Å². The Labute approximate surface area is 209 Å². The van der Waals surface area contributed by atoms with Crippen LogP contribution in [-0.2, 0) is 12.3 Å². The Kier molecular flexibility index (Phi) is 6.91. The van der Waals surface area contributed by atoms with E-state index in [0.29, 0.717) is 5.56 Å². The van der Waals surface area contributed by atoms with Crippen LogP contribution in [0.1, 0.15) is 40.0 Å². The number of pyridine rings is 1. The minimum atomic E-state index is -0.0729. The van der Waals surface area contributed by atoms with Gasteiger partial charge in [-0.1, -0.05) is 84.6 Å². The molecule has 3 aromatic carbocycles. The van der Waals surface area contributed by atoms with Gasteiger partial charge in [0.25, 0.3) is 5.91 Å². The van der Waals surface area contributed by atoms with Crippen molar-refractivity contribution < 1.29 is 4.79 Å². The van der Waals surface area contributed by atoms with Gasteiger partial charge in [0.2, 0.25) is 0 Å². The number of imidazole rings is 1. The van der Waals surface area contributed by atoms with Crippen LogP contribution in [0.3, 0.4) is 0 Å². The Morgan fingerprint density at radius 1 is 0.886 bits per heavy atom. The first-order valence-electron chi connectivity index (χ1n) is 11.6. The van der Waals surface area contributed by atoms with E-state index in [2.05, 4.69) is 27.0 Å². The molecule has 5 aromatic rings. The summed E-state index contributed by atoms with van der Waals surface area (Å²) in [5, 5.41) is 4.00. The maximum atomic E-state index is 12.7. The standard InChI is InChI=1S/C29H26N4OS/c1-21(24-11-6-3-7-12-24)31-28(34)25-16-14-23(15-17-25)20-35-29-32-26-13-8-18-30-27(26)33(29)19-22-9-4-2-5-10-22/h2-18,21H,19-20H2,1H3,(H,31,34)/t21-/m0/s1. The van der Waals surface area contributed by atoms with E-state index in [1.54, 1.807) is 11.8 Å². The van der Waals surface area contributed by atoms with Gasteiger partial charge in [-0.3, -0.25) is 9.36 Å². The van der Waals surface area contributed by atoms with Gasteiger partial charge in [0.1, 0.15) is 5.52 Å². The van der Waals surface area contributed by atoms with Gasteiger partial charge in [0.15, 0.2) is 10.8 Å². The van der Waals surface area contributed by atoms with Crippen LogP contribution in [0, 0.1) is 0 Å². The Morgan fingerprint density at radius 3 is 2.34 bits per heavy atom. The van der Waals surface area contributed by atoms with Crippen molar-refractivity contribution in [1.82, 2.24) is 19.9 Å². The van der Waals surface area contributed by atoms with Crippen molar-refractivity contribution in [2.75, 3.05) is 0 Å². The molecule has 0 aliphatic rings. The van der Waals surface area contributed by atoms with Gasteiger partial charge in [-0.05, 0) is 47.9 Å². The molecular weight excluding hydrogens is 452 g/mol. The lowest BCUT2D eigenvalue weighted by Crippen LogP contribution is -2.26.